The summed E-state index contributed by atoms with van der Waals surface area (Å²) in [5, 5.41) is 3.64. The molecule has 0 bridgehead atoms. The van der Waals surface area contributed by atoms with Gasteiger partial charge in [0.25, 0.3) is 0 Å². The summed E-state index contributed by atoms with van der Waals surface area (Å²) in [4.78, 5) is 0. The third kappa shape index (κ3) is 10.6. The first-order chi connectivity index (χ1) is 7.35. The molecule has 0 spiro atoms. The standard InChI is InChI=1S/C13H29NS/c1-4-6-7-8-9-10-11-14-13(5-2)12-15-3/h13-14H,4-12H2,1-3H3. The highest BCUT2D eigenvalue weighted by Gasteiger charge is 2.02. The van der Waals surface area contributed by atoms with Crippen molar-refractivity contribution >= 4 is 11.8 Å². The van der Waals surface area contributed by atoms with E-state index in [4.69, 9.17) is 0 Å². The van der Waals surface area contributed by atoms with Crippen molar-refractivity contribution in [2.45, 2.75) is 64.8 Å². The molecule has 0 aromatic heterocycles. The van der Waals surface area contributed by atoms with Gasteiger partial charge in [0.15, 0.2) is 0 Å². The van der Waals surface area contributed by atoms with E-state index in [2.05, 4.69) is 25.4 Å². The number of nitrogens with one attached hydrogen (secondary N) is 1. The second kappa shape index (κ2) is 12.4. The van der Waals surface area contributed by atoms with Crippen LogP contribution in [0.5, 0.6) is 0 Å². The first-order valence-electron chi connectivity index (χ1n) is 6.57. The highest BCUT2D eigenvalue weighted by atomic mass is 32.2. The van der Waals surface area contributed by atoms with Gasteiger partial charge in [-0.3, -0.25) is 0 Å². The third-order valence-corrected chi connectivity index (χ3v) is 3.56. The van der Waals surface area contributed by atoms with Gasteiger partial charge in [-0.15, -0.1) is 0 Å². The van der Waals surface area contributed by atoms with Crippen LogP contribution in [0.15, 0.2) is 0 Å². The van der Waals surface area contributed by atoms with Crippen LogP contribution in [0, 0.1) is 0 Å². The molecule has 1 atom stereocenters. The Morgan fingerprint density at radius 3 is 2.27 bits per heavy atom. The van der Waals surface area contributed by atoms with Crippen LogP contribution in [-0.4, -0.2) is 24.6 Å². The summed E-state index contributed by atoms with van der Waals surface area (Å²) in [5.74, 6) is 1.26. The summed E-state index contributed by atoms with van der Waals surface area (Å²) >= 11 is 1.95. The Labute approximate surface area is 101 Å². The second-order valence-electron chi connectivity index (χ2n) is 4.28. The lowest BCUT2D eigenvalue weighted by Crippen LogP contribution is -2.31. The average molecular weight is 231 g/mol. The van der Waals surface area contributed by atoms with E-state index in [0.717, 1.165) is 6.04 Å². The molecule has 0 aliphatic carbocycles. The van der Waals surface area contributed by atoms with Gasteiger partial charge in [0, 0.05) is 11.8 Å². The lowest BCUT2D eigenvalue weighted by Gasteiger charge is -2.15. The molecule has 0 amide bonds. The van der Waals surface area contributed by atoms with Gasteiger partial charge in [-0.1, -0.05) is 46.0 Å². The molecule has 0 radical (unpaired) electrons. The normalized spacial score (nSPS) is 13.0. The van der Waals surface area contributed by atoms with E-state index in [-0.39, 0.29) is 0 Å². The number of hydrogen-bond donors (Lipinski definition) is 1. The van der Waals surface area contributed by atoms with Gasteiger partial charge in [-0.05, 0) is 25.6 Å². The quantitative estimate of drug-likeness (QED) is 0.538. The highest BCUT2D eigenvalue weighted by molar-refractivity contribution is 7.98. The molecule has 0 aliphatic rings. The Morgan fingerprint density at radius 2 is 1.67 bits per heavy atom. The van der Waals surface area contributed by atoms with Crippen LogP contribution in [-0.2, 0) is 0 Å². The zero-order chi connectivity index (χ0) is 11.4. The van der Waals surface area contributed by atoms with Crippen molar-refractivity contribution in [3.63, 3.8) is 0 Å². The Morgan fingerprint density at radius 1 is 1.00 bits per heavy atom. The summed E-state index contributed by atoms with van der Waals surface area (Å²) in [6.45, 7) is 5.76. The molecule has 15 heavy (non-hydrogen) atoms. The first-order valence-corrected chi connectivity index (χ1v) is 7.96. The zero-order valence-corrected chi connectivity index (χ0v) is 11.7. The number of rotatable bonds is 11. The van der Waals surface area contributed by atoms with Crippen LogP contribution in [0.4, 0.5) is 0 Å². The predicted octanol–water partition coefficient (Wildman–Crippen LogP) is 4.08. The Balaban J connectivity index is 3.14. The minimum absolute atomic E-state index is 0.732. The molecule has 2 heteroatoms. The number of thioether (sulfide) groups is 1. The highest BCUT2D eigenvalue weighted by Crippen LogP contribution is 2.05. The molecule has 0 saturated heterocycles. The molecule has 0 aliphatic heterocycles. The molecular weight excluding hydrogens is 202 g/mol. The van der Waals surface area contributed by atoms with Crippen molar-refractivity contribution in [3.05, 3.63) is 0 Å². The van der Waals surface area contributed by atoms with E-state index in [0.29, 0.717) is 0 Å². The van der Waals surface area contributed by atoms with Crippen molar-refractivity contribution in [1.29, 1.82) is 0 Å². The lowest BCUT2D eigenvalue weighted by atomic mass is 10.1. The van der Waals surface area contributed by atoms with E-state index in [9.17, 15) is 0 Å². The molecule has 1 nitrogen and oxygen atoms in total. The monoisotopic (exact) mass is 231 g/mol. The van der Waals surface area contributed by atoms with Crippen LogP contribution in [0.1, 0.15) is 58.8 Å². The third-order valence-electron chi connectivity index (χ3n) is 2.82. The zero-order valence-electron chi connectivity index (χ0n) is 10.8. The molecule has 0 aromatic rings. The van der Waals surface area contributed by atoms with Crippen LogP contribution in [0.2, 0.25) is 0 Å². The van der Waals surface area contributed by atoms with Crippen molar-refractivity contribution in [2.75, 3.05) is 18.6 Å². The topological polar surface area (TPSA) is 12.0 Å². The van der Waals surface area contributed by atoms with Crippen molar-refractivity contribution in [3.8, 4) is 0 Å². The fourth-order valence-corrected chi connectivity index (χ4v) is 2.49. The molecule has 0 heterocycles. The fraction of sp³-hybridized carbons (Fsp3) is 1.00. The van der Waals surface area contributed by atoms with Gasteiger partial charge in [0.1, 0.15) is 0 Å². The van der Waals surface area contributed by atoms with Crippen LogP contribution < -0.4 is 5.32 Å². The van der Waals surface area contributed by atoms with E-state index in [1.807, 2.05) is 11.8 Å². The van der Waals surface area contributed by atoms with E-state index in [1.54, 1.807) is 0 Å². The predicted molar refractivity (Wildman–Crippen MR) is 73.8 cm³/mol. The fourth-order valence-electron chi connectivity index (χ4n) is 1.73. The maximum absolute atomic E-state index is 3.64. The van der Waals surface area contributed by atoms with E-state index >= 15 is 0 Å². The molecular formula is C13H29NS. The van der Waals surface area contributed by atoms with Crippen molar-refractivity contribution in [2.24, 2.45) is 0 Å². The number of unbranched alkanes of at least 4 members (excludes halogenated alkanes) is 5. The molecule has 0 saturated carbocycles. The SMILES string of the molecule is CCCCCCCCNC(CC)CSC. The molecule has 0 rings (SSSR count). The molecule has 0 aromatic carbocycles. The van der Waals surface area contributed by atoms with Crippen LogP contribution in [0.25, 0.3) is 0 Å². The minimum Gasteiger partial charge on any atom is -0.313 e. The minimum atomic E-state index is 0.732. The summed E-state index contributed by atoms with van der Waals surface area (Å²) in [5.41, 5.74) is 0. The van der Waals surface area contributed by atoms with E-state index in [1.165, 1.54) is 57.2 Å². The average Bonchev–Trinajstić information content (AvgIpc) is 2.26. The Bertz CT molecular complexity index is 117. The van der Waals surface area contributed by atoms with Gasteiger partial charge in [0.05, 0.1) is 0 Å². The second-order valence-corrected chi connectivity index (χ2v) is 5.19. The number of hydrogen-bond acceptors (Lipinski definition) is 2. The van der Waals surface area contributed by atoms with Crippen molar-refractivity contribution in [1.82, 2.24) is 5.32 Å². The first kappa shape index (κ1) is 15.3. The molecule has 1 N–H and O–H groups in total. The van der Waals surface area contributed by atoms with Crippen LogP contribution >= 0.6 is 11.8 Å². The van der Waals surface area contributed by atoms with Gasteiger partial charge in [0.2, 0.25) is 0 Å². The summed E-state index contributed by atoms with van der Waals surface area (Å²) in [6, 6.07) is 0.732. The molecule has 1 unspecified atom stereocenters. The van der Waals surface area contributed by atoms with Crippen molar-refractivity contribution < 1.29 is 0 Å². The summed E-state index contributed by atoms with van der Waals surface area (Å²) < 4.78 is 0. The molecule has 92 valence electrons. The maximum atomic E-state index is 3.64. The van der Waals surface area contributed by atoms with Gasteiger partial charge in [-0.25, -0.2) is 0 Å². The molecule has 0 fully saturated rings. The summed E-state index contributed by atoms with van der Waals surface area (Å²) in [6.07, 6.45) is 11.8. The largest absolute Gasteiger partial charge is 0.313 e. The Hall–Kier alpha value is 0.310. The van der Waals surface area contributed by atoms with Gasteiger partial charge in [-0.2, -0.15) is 11.8 Å². The van der Waals surface area contributed by atoms with E-state index < -0.39 is 0 Å². The maximum Gasteiger partial charge on any atom is 0.0155 e. The van der Waals surface area contributed by atoms with Crippen LogP contribution in [0.3, 0.4) is 0 Å². The Kier molecular flexibility index (Phi) is 12.6. The smallest absolute Gasteiger partial charge is 0.0155 e. The van der Waals surface area contributed by atoms with Gasteiger partial charge < -0.3 is 5.32 Å². The lowest BCUT2D eigenvalue weighted by molar-refractivity contribution is 0.509. The summed E-state index contributed by atoms with van der Waals surface area (Å²) in [7, 11) is 0. The van der Waals surface area contributed by atoms with Gasteiger partial charge >= 0.3 is 0 Å².